The summed E-state index contributed by atoms with van der Waals surface area (Å²) in [6.45, 7) is 0. The van der Waals surface area contributed by atoms with Crippen LogP contribution < -0.4 is 10.5 Å². The van der Waals surface area contributed by atoms with Crippen molar-refractivity contribution in [1.29, 1.82) is 0 Å². The van der Waals surface area contributed by atoms with E-state index in [1.807, 2.05) is 24.3 Å². The first-order valence-corrected chi connectivity index (χ1v) is 7.59. The highest BCUT2D eigenvalue weighted by Crippen LogP contribution is 2.34. The molecule has 0 aromatic heterocycles. The second-order valence-corrected chi connectivity index (χ2v) is 6.18. The van der Waals surface area contributed by atoms with Gasteiger partial charge in [-0.1, -0.05) is 51.3 Å². The highest BCUT2D eigenvalue weighted by molar-refractivity contribution is 9.10. The van der Waals surface area contributed by atoms with E-state index in [-0.39, 0.29) is 6.04 Å². The standard InChI is InChI=1S/C15H14BrCl2NO/c1-20-15-8-12(17)11(7-13(15)18)14(19)6-9-2-4-10(16)5-3-9/h2-5,7-8,14H,6,19H2,1H3. The third-order valence-corrected chi connectivity index (χ3v) is 4.19. The van der Waals surface area contributed by atoms with Crippen LogP contribution in [0.15, 0.2) is 40.9 Å². The smallest absolute Gasteiger partial charge is 0.138 e. The second kappa shape index (κ2) is 6.81. The molecule has 1 atom stereocenters. The molecule has 1 unspecified atom stereocenters. The molecule has 20 heavy (non-hydrogen) atoms. The molecule has 0 aliphatic heterocycles. The Labute approximate surface area is 137 Å². The molecule has 0 aliphatic rings. The van der Waals surface area contributed by atoms with Crippen molar-refractivity contribution in [2.75, 3.05) is 7.11 Å². The molecule has 2 nitrogen and oxygen atoms in total. The lowest BCUT2D eigenvalue weighted by Gasteiger charge is -2.16. The van der Waals surface area contributed by atoms with E-state index in [2.05, 4.69) is 15.9 Å². The van der Waals surface area contributed by atoms with Gasteiger partial charge in [-0.3, -0.25) is 0 Å². The van der Waals surface area contributed by atoms with Crippen molar-refractivity contribution in [1.82, 2.24) is 0 Å². The predicted octanol–water partition coefficient (Wildman–Crippen LogP) is 5.01. The fourth-order valence-electron chi connectivity index (χ4n) is 1.97. The maximum absolute atomic E-state index is 6.24. The molecule has 2 aromatic carbocycles. The fourth-order valence-corrected chi connectivity index (χ4v) is 2.78. The third kappa shape index (κ3) is 3.67. The van der Waals surface area contributed by atoms with Crippen LogP contribution in [0.2, 0.25) is 10.0 Å². The van der Waals surface area contributed by atoms with E-state index in [1.54, 1.807) is 19.2 Å². The van der Waals surface area contributed by atoms with Crippen LogP contribution >= 0.6 is 39.1 Å². The Bertz CT molecular complexity index is 602. The van der Waals surface area contributed by atoms with Gasteiger partial charge in [0.2, 0.25) is 0 Å². The number of hydrogen-bond donors (Lipinski definition) is 1. The quantitative estimate of drug-likeness (QED) is 0.816. The summed E-state index contributed by atoms with van der Waals surface area (Å²) in [7, 11) is 1.55. The van der Waals surface area contributed by atoms with Crippen molar-refractivity contribution in [2.24, 2.45) is 5.73 Å². The fraction of sp³-hybridized carbons (Fsp3) is 0.200. The summed E-state index contributed by atoms with van der Waals surface area (Å²) in [5, 5.41) is 1.08. The minimum Gasteiger partial charge on any atom is -0.495 e. The molecule has 0 amide bonds. The van der Waals surface area contributed by atoms with Gasteiger partial charge >= 0.3 is 0 Å². The van der Waals surface area contributed by atoms with E-state index in [9.17, 15) is 0 Å². The van der Waals surface area contributed by atoms with Gasteiger partial charge in [-0.2, -0.15) is 0 Å². The summed E-state index contributed by atoms with van der Waals surface area (Å²) < 4.78 is 6.17. The van der Waals surface area contributed by atoms with Crippen LogP contribution in [0.5, 0.6) is 5.75 Å². The van der Waals surface area contributed by atoms with Crippen molar-refractivity contribution in [3.63, 3.8) is 0 Å². The van der Waals surface area contributed by atoms with E-state index in [0.717, 1.165) is 15.6 Å². The van der Waals surface area contributed by atoms with E-state index in [1.165, 1.54) is 0 Å². The molecule has 0 saturated heterocycles. The van der Waals surface area contributed by atoms with Gasteiger partial charge in [0, 0.05) is 21.6 Å². The molecule has 0 bridgehead atoms. The zero-order chi connectivity index (χ0) is 14.7. The highest BCUT2D eigenvalue weighted by Gasteiger charge is 2.14. The molecule has 0 spiro atoms. The van der Waals surface area contributed by atoms with Crippen LogP contribution in [-0.4, -0.2) is 7.11 Å². The van der Waals surface area contributed by atoms with Crippen molar-refractivity contribution in [3.05, 3.63) is 62.0 Å². The van der Waals surface area contributed by atoms with Crippen LogP contribution in [0.1, 0.15) is 17.2 Å². The molecule has 0 aliphatic carbocycles. The first-order chi connectivity index (χ1) is 9.51. The van der Waals surface area contributed by atoms with Gasteiger partial charge in [0.05, 0.1) is 12.1 Å². The summed E-state index contributed by atoms with van der Waals surface area (Å²) in [5.74, 6) is 0.552. The van der Waals surface area contributed by atoms with Gasteiger partial charge in [-0.05, 0) is 35.7 Å². The Hall–Kier alpha value is -0.740. The van der Waals surface area contributed by atoms with Crippen molar-refractivity contribution in [3.8, 4) is 5.75 Å². The molecule has 0 radical (unpaired) electrons. The molecular weight excluding hydrogens is 361 g/mol. The number of hydrogen-bond acceptors (Lipinski definition) is 2. The number of rotatable bonds is 4. The number of methoxy groups -OCH3 is 1. The lowest BCUT2D eigenvalue weighted by molar-refractivity contribution is 0.415. The largest absolute Gasteiger partial charge is 0.495 e. The number of halogens is 3. The molecule has 2 rings (SSSR count). The zero-order valence-corrected chi connectivity index (χ0v) is 14.0. The number of benzene rings is 2. The normalized spacial score (nSPS) is 12.2. The average molecular weight is 375 g/mol. The summed E-state index contributed by atoms with van der Waals surface area (Å²) in [5.41, 5.74) is 8.19. The van der Waals surface area contributed by atoms with Crippen LogP contribution in [0.3, 0.4) is 0 Å². The maximum atomic E-state index is 6.24. The van der Waals surface area contributed by atoms with Crippen LogP contribution in [0.4, 0.5) is 0 Å². The highest BCUT2D eigenvalue weighted by atomic mass is 79.9. The second-order valence-electron chi connectivity index (χ2n) is 4.45. The Kier molecular flexibility index (Phi) is 5.33. The molecule has 2 N–H and O–H groups in total. The maximum Gasteiger partial charge on any atom is 0.138 e. The Morgan fingerprint density at radius 1 is 1.15 bits per heavy atom. The van der Waals surface area contributed by atoms with Gasteiger partial charge in [-0.25, -0.2) is 0 Å². The Morgan fingerprint density at radius 2 is 1.80 bits per heavy atom. The number of nitrogens with two attached hydrogens (primary N) is 1. The molecule has 0 fully saturated rings. The van der Waals surface area contributed by atoms with Gasteiger partial charge < -0.3 is 10.5 Å². The van der Waals surface area contributed by atoms with Crippen molar-refractivity contribution < 1.29 is 4.74 Å². The van der Waals surface area contributed by atoms with Gasteiger partial charge in [0.25, 0.3) is 0 Å². The molecular formula is C15H14BrCl2NO. The summed E-state index contributed by atoms with van der Waals surface area (Å²) in [6, 6.07) is 11.3. The van der Waals surface area contributed by atoms with Crippen molar-refractivity contribution in [2.45, 2.75) is 12.5 Å². The topological polar surface area (TPSA) is 35.2 Å². The van der Waals surface area contributed by atoms with Crippen molar-refractivity contribution >= 4 is 39.1 Å². The van der Waals surface area contributed by atoms with Crippen LogP contribution in [-0.2, 0) is 6.42 Å². The summed E-state index contributed by atoms with van der Waals surface area (Å²) in [6.07, 6.45) is 0.690. The number of ether oxygens (including phenoxy) is 1. The minimum atomic E-state index is -0.216. The first kappa shape index (κ1) is 15.6. The van der Waals surface area contributed by atoms with Gasteiger partial charge in [-0.15, -0.1) is 0 Å². The third-order valence-electron chi connectivity index (χ3n) is 3.04. The first-order valence-electron chi connectivity index (χ1n) is 6.04. The lowest BCUT2D eigenvalue weighted by atomic mass is 9.99. The van der Waals surface area contributed by atoms with E-state index in [4.69, 9.17) is 33.7 Å². The Balaban J connectivity index is 2.22. The van der Waals surface area contributed by atoms with Gasteiger partial charge in [0.1, 0.15) is 5.75 Å². The van der Waals surface area contributed by atoms with E-state index < -0.39 is 0 Å². The molecule has 2 aromatic rings. The van der Waals surface area contributed by atoms with Crippen LogP contribution in [0.25, 0.3) is 0 Å². The van der Waals surface area contributed by atoms with E-state index in [0.29, 0.717) is 22.2 Å². The Morgan fingerprint density at radius 3 is 2.40 bits per heavy atom. The van der Waals surface area contributed by atoms with Gasteiger partial charge in [0.15, 0.2) is 0 Å². The molecule has 106 valence electrons. The summed E-state index contributed by atoms with van der Waals surface area (Å²) in [4.78, 5) is 0. The predicted molar refractivity (Wildman–Crippen MR) is 87.8 cm³/mol. The molecule has 0 heterocycles. The van der Waals surface area contributed by atoms with Crippen LogP contribution in [0, 0.1) is 0 Å². The SMILES string of the molecule is COc1cc(Cl)c(C(N)Cc2ccc(Br)cc2)cc1Cl. The molecule has 0 saturated carbocycles. The molecule has 5 heteroatoms. The van der Waals surface area contributed by atoms with E-state index >= 15 is 0 Å². The minimum absolute atomic E-state index is 0.216. The monoisotopic (exact) mass is 373 g/mol. The zero-order valence-electron chi connectivity index (χ0n) is 10.9. The average Bonchev–Trinajstić information content (AvgIpc) is 2.43. The lowest BCUT2D eigenvalue weighted by Crippen LogP contribution is -2.14. The summed E-state index contributed by atoms with van der Waals surface area (Å²) >= 11 is 15.8.